The molecule has 5 rings (SSSR count). The monoisotopic (exact) mass is 462 g/mol. The van der Waals surface area contributed by atoms with Crippen LogP contribution in [0.1, 0.15) is 6.42 Å². The molecule has 3 aromatic heterocycles. The summed E-state index contributed by atoms with van der Waals surface area (Å²) in [4.78, 5) is 15.1. The number of hydrogen-bond acceptors (Lipinski definition) is 9. The van der Waals surface area contributed by atoms with E-state index in [4.69, 9.17) is 18.9 Å². The number of aromatic amines is 1. The maximum absolute atomic E-state index is 6.03. The zero-order valence-electron chi connectivity index (χ0n) is 18.9. The van der Waals surface area contributed by atoms with Crippen molar-refractivity contribution in [3.63, 3.8) is 0 Å². The molecule has 4 aromatic rings. The SMILES string of the molecule is COc1cc2c(Oc3cc(-c4ccncc4)[nH]n3)ncnc2cc1OCCCN1CCOCC1. The molecule has 34 heavy (non-hydrogen) atoms. The van der Waals surface area contributed by atoms with Crippen LogP contribution in [-0.4, -0.2) is 76.6 Å². The average molecular weight is 463 g/mol. The number of nitrogens with zero attached hydrogens (tertiary/aromatic N) is 5. The predicted molar refractivity (Wildman–Crippen MR) is 125 cm³/mol. The fraction of sp³-hybridized carbons (Fsp3) is 0.333. The third kappa shape index (κ3) is 5.08. The van der Waals surface area contributed by atoms with Gasteiger partial charge in [0.1, 0.15) is 6.33 Å². The van der Waals surface area contributed by atoms with Crippen molar-refractivity contribution in [2.75, 3.05) is 46.6 Å². The van der Waals surface area contributed by atoms with E-state index >= 15 is 0 Å². The number of pyridine rings is 1. The van der Waals surface area contributed by atoms with Crippen molar-refractivity contribution in [2.45, 2.75) is 6.42 Å². The number of hydrogen-bond donors (Lipinski definition) is 1. The highest BCUT2D eigenvalue weighted by Crippen LogP contribution is 2.36. The van der Waals surface area contributed by atoms with E-state index < -0.39 is 0 Å². The number of benzene rings is 1. The maximum Gasteiger partial charge on any atom is 0.240 e. The zero-order chi connectivity index (χ0) is 23.2. The van der Waals surface area contributed by atoms with E-state index in [1.165, 1.54) is 6.33 Å². The summed E-state index contributed by atoms with van der Waals surface area (Å²) < 4.78 is 23.0. The summed E-state index contributed by atoms with van der Waals surface area (Å²) in [7, 11) is 1.61. The smallest absolute Gasteiger partial charge is 0.240 e. The summed E-state index contributed by atoms with van der Waals surface area (Å²) in [5.74, 6) is 2.02. The highest BCUT2D eigenvalue weighted by molar-refractivity contribution is 5.87. The third-order valence-corrected chi connectivity index (χ3v) is 5.61. The molecule has 176 valence electrons. The van der Waals surface area contributed by atoms with E-state index in [-0.39, 0.29) is 0 Å². The van der Waals surface area contributed by atoms with Crippen LogP contribution in [-0.2, 0) is 4.74 Å². The van der Waals surface area contributed by atoms with Gasteiger partial charge in [0.2, 0.25) is 11.8 Å². The van der Waals surface area contributed by atoms with Crippen LogP contribution >= 0.6 is 0 Å². The van der Waals surface area contributed by atoms with Crippen LogP contribution in [0.15, 0.2) is 49.1 Å². The molecule has 0 bridgehead atoms. The minimum atomic E-state index is 0.384. The van der Waals surface area contributed by atoms with Gasteiger partial charge in [0.25, 0.3) is 0 Å². The van der Waals surface area contributed by atoms with Crippen LogP contribution in [0.3, 0.4) is 0 Å². The van der Waals surface area contributed by atoms with Crippen molar-refractivity contribution in [2.24, 2.45) is 0 Å². The minimum Gasteiger partial charge on any atom is -0.493 e. The molecule has 1 N–H and O–H groups in total. The van der Waals surface area contributed by atoms with Gasteiger partial charge < -0.3 is 18.9 Å². The maximum atomic E-state index is 6.03. The number of morpholine rings is 1. The van der Waals surface area contributed by atoms with E-state index in [9.17, 15) is 0 Å². The molecule has 10 nitrogen and oxygen atoms in total. The Morgan fingerprint density at radius 3 is 2.74 bits per heavy atom. The lowest BCUT2D eigenvalue weighted by Crippen LogP contribution is -2.37. The Morgan fingerprint density at radius 1 is 1.06 bits per heavy atom. The number of aromatic nitrogens is 5. The second-order valence-corrected chi connectivity index (χ2v) is 7.81. The van der Waals surface area contributed by atoms with Crippen LogP contribution in [0.2, 0.25) is 0 Å². The van der Waals surface area contributed by atoms with Gasteiger partial charge in [-0.3, -0.25) is 15.0 Å². The summed E-state index contributed by atoms with van der Waals surface area (Å²) in [6, 6.07) is 9.28. The molecule has 1 saturated heterocycles. The first-order valence-electron chi connectivity index (χ1n) is 11.2. The Morgan fingerprint density at radius 2 is 1.91 bits per heavy atom. The van der Waals surface area contributed by atoms with Crippen LogP contribution in [0, 0.1) is 0 Å². The van der Waals surface area contributed by atoms with Crippen LogP contribution in [0.25, 0.3) is 22.2 Å². The van der Waals surface area contributed by atoms with Gasteiger partial charge in [0, 0.05) is 49.7 Å². The van der Waals surface area contributed by atoms with E-state index in [0.29, 0.717) is 40.8 Å². The first kappa shape index (κ1) is 22.1. The van der Waals surface area contributed by atoms with E-state index in [1.807, 2.05) is 30.3 Å². The lowest BCUT2D eigenvalue weighted by molar-refractivity contribution is 0.0357. The van der Waals surface area contributed by atoms with Gasteiger partial charge in [0.05, 0.1) is 43.5 Å². The predicted octanol–water partition coefficient (Wildman–Crippen LogP) is 3.32. The Hall–Kier alpha value is -3.76. The second-order valence-electron chi connectivity index (χ2n) is 7.81. The summed E-state index contributed by atoms with van der Waals surface area (Å²) >= 11 is 0. The largest absolute Gasteiger partial charge is 0.493 e. The molecule has 0 aliphatic carbocycles. The number of rotatable bonds is 9. The Labute approximate surface area is 196 Å². The minimum absolute atomic E-state index is 0.384. The zero-order valence-corrected chi connectivity index (χ0v) is 18.9. The molecule has 1 aliphatic heterocycles. The molecule has 0 saturated carbocycles. The topological polar surface area (TPSA) is 108 Å². The summed E-state index contributed by atoms with van der Waals surface area (Å²) in [5.41, 5.74) is 2.47. The Balaban J connectivity index is 1.30. The molecule has 10 heteroatoms. The molecule has 4 heterocycles. The average Bonchev–Trinajstić information content (AvgIpc) is 3.36. The molecule has 0 spiro atoms. The van der Waals surface area contributed by atoms with Gasteiger partial charge in [-0.05, 0) is 24.6 Å². The number of fused-ring (bicyclic) bond motifs is 1. The number of H-pyrrole nitrogens is 1. The Kier molecular flexibility index (Phi) is 6.78. The van der Waals surface area contributed by atoms with E-state index in [2.05, 4.69) is 30.0 Å². The normalized spacial score (nSPS) is 14.3. The standard InChI is InChI=1S/C24H26N6O4/c1-31-21-13-18-20(14-22(21)33-10-2-7-30-8-11-32-12-9-30)26-16-27-24(18)34-23-15-19(28-29-23)17-3-5-25-6-4-17/h3-6,13-16H,2,7-12H2,1H3,(H,28,29). The number of methoxy groups -OCH3 is 1. The molecular formula is C24H26N6O4. The van der Waals surface area contributed by atoms with E-state index in [1.54, 1.807) is 19.5 Å². The molecule has 0 atom stereocenters. The quantitative estimate of drug-likeness (QED) is 0.375. The van der Waals surface area contributed by atoms with Crippen LogP contribution < -0.4 is 14.2 Å². The third-order valence-electron chi connectivity index (χ3n) is 5.61. The first-order valence-corrected chi connectivity index (χ1v) is 11.2. The summed E-state index contributed by atoms with van der Waals surface area (Å²) in [6.45, 7) is 5.10. The fourth-order valence-electron chi connectivity index (χ4n) is 3.82. The molecule has 0 unspecified atom stereocenters. The molecule has 0 radical (unpaired) electrons. The summed E-state index contributed by atoms with van der Waals surface area (Å²) in [5, 5.41) is 7.92. The van der Waals surface area contributed by atoms with Crippen molar-refractivity contribution in [1.82, 2.24) is 30.0 Å². The second kappa shape index (κ2) is 10.4. The lowest BCUT2D eigenvalue weighted by atomic mass is 10.2. The Bertz CT molecular complexity index is 1230. The van der Waals surface area contributed by atoms with Crippen molar-refractivity contribution >= 4 is 10.9 Å². The van der Waals surface area contributed by atoms with Crippen molar-refractivity contribution in [1.29, 1.82) is 0 Å². The van der Waals surface area contributed by atoms with Crippen molar-refractivity contribution in [3.8, 4) is 34.5 Å². The van der Waals surface area contributed by atoms with Crippen LogP contribution in [0.5, 0.6) is 23.3 Å². The van der Waals surface area contributed by atoms with Gasteiger partial charge in [-0.15, -0.1) is 5.10 Å². The van der Waals surface area contributed by atoms with Crippen molar-refractivity contribution in [3.05, 3.63) is 49.1 Å². The number of ether oxygens (including phenoxy) is 4. The van der Waals surface area contributed by atoms with Crippen molar-refractivity contribution < 1.29 is 18.9 Å². The highest BCUT2D eigenvalue weighted by Gasteiger charge is 2.15. The van der Waals surface area contributed by atoms with E-state index in [0.717, 1.165) is 50.5 Å². The first-order chi connectivity index (χ1) is 16.8. The van der Waals surface area contributed by atoms with Gasteiger partial charge in [-0.25, -0.2) is 9.97 Å². The molecule has 0 amide bonds. The van der Waals surface area contributed by atoms with Gasteiger partial charge in [-0.1, -0.05) is 0 Å². The highest BCUT2D eigenvalue weighted by atomic mass is 16.5. The van der Waals surface area contributed by atoms with Gasteiger partial charge in [-0.2, -0.15) is 0 Å². The van der Waals surface area contributed by atoms with Crippen LogP contribution in [0.4, 0.5) is 0 Å². The molecule has 1 fully saturated rings. The molecule has 1 aliphatic rings. The fourth-order valence-corrected chi connectivity index (χ4v) is 3.82. The number of nitrogens with one attached hydrogen (secondary N) is 1. The summed E-state index contributed by atoms with van der Waals surface area (Å²) in [6.07, 6.45) is 5.83. The lowest BCUT2D eigenvalue weighted by Gasteiger charge is -2.26. The molecular weight excluding hydrogens is 436 g/mol. The van der Waals surface area contributed by atoms with Gasteiger partial charge >= 0.3 is 0 Å². The molecule has 1 aromatic carbocycles. The van der Waals surface area contributed by atoms with Gasteiger partial charge in [0.15, 0.2) is 11.5 Å².